The molecule has 2 rings (SSSR count). The Morgan fingerprint density at radius 2 is 1.56 bits per heavy atom. The number of nitrogen functional groups attached to an aromatic ring is 2. The van der Waals surface area contributed by atoms with E-state index in [4.69, 9.17) is 23.1 Å². The fourth-order valence-corrected chi connectivity index (χ4v) is 1.84. The number of hydrogen-bond acceptors (Lipinski definition) is 2. The van der Waals surface area contributed by atoms with Crippen LogP contribution in [0.2, 0.25) is 5.02 Å². The van der Waals surface area contributed by atoms with Crippen LogP contribution >= 0.6 is 11.6 Å². The Balaban J connectivity index is 2.60. The van der Waals surface area contributed by atoms with Gasteiger partial charge < -0.3 is 11.5 Å². The van der Waals surface area contributed by atoms with Gasteiger partial charge in [-0.2, -0.15) is 0 Å². The van der Waals surface area contributed by atoms with Crippen molar-refractivity contribution in [2.75, 3.05) is 11.5 Å². The summed E-state index contributed by atoms with van der Waals surface area (Å²) in [7, 11) is 0. The molecule has 0 radical (unpaired) electrons. The van der Waals surface area contributed by atoms with Gasteiger partial charge in [-0.15, -0.1) is 0 Å². The highest BCUT2D eigenvalue weighted by Crippen LogP contribution is 2.32. The summed E-state index contributed by atoms with van der Waals surface area (Å²) >= 11 is 5.96. The van der Waals surface area contributed by atoms with Crippen molar-refractivity contribution in [1.82, 2.24) is 0 Å². The van der Waals surface area contributed by atoms with E-state index in [0.717, 1.165) is 0 Å². The molecule has 0 heterocycles. The maximum Gasteiger partial charge on any atom is 0.134 e. The molecule has 0 bridgehead atoms. The van der Waals surface area contributed by atoms with Gasteiger partial charge in [-0.1, -0.05) is 23.7 Å². The average Bonchev–Trinajstić information content (AvgIpc) is 2.19. The molecule has 0 unspecified atom stereocenters. The Morgan fingerprint density at radius 1 is 0.938 bits per heavy atom. The normalized spacial score (nSPS) is 10.4. The Morgan fingerprint density at radius 3 is 2.12 bits per heavy atom. The molecule has 4 heteroatoms. The molecule has 16 heavy (non-hydrogen) atoms. The summed E-state index contributed by atoms with van der Waals surface area (Å²) in [6.07, 6.45) is 0. The van der Waals surface area contributed by atoms with Crippen molar-refractivity contribution in [3.63, 3.8) is 0 Å². The largest absolute Gasteiger partial charge is 0.399 e. The van der Waals surface area contributed by atoms with Crippen molar-refractivity contribution in [3.05, 3.63) is 47.2 Å². The number of halogens is 2. The van der Waals surface area contributed by atoms with E-state index in [0.29, 0.717) is 27.5 Å². The highest BCUT2D eigenvalue weighted by atomic mass is 35.5. The van der Waals surface area contributed by atoms with E-state index >= 15 is 0 Å². The van der Waals surface area contributed by atoms with E-state index < -0.39 is 5.82 Å². The predicted octanol–water partition coefficient (Wildman–Crippen LogP) is 3.31. The van der Waals surface area contributed by atoms with E-state index in [-0.39, 0.29) is 0 Å². The minimum atomic E-state index is -0.435. The quantitative estimate of drug-likeness (QED) is 0.747. The van der Waals surface area contributed by atoms with Gasteiger partial charge in [0.1, 0.15) is 5.82 Å². The van der Waals surface area contributed by atoms with Gasteiger partial charge in [-0.3, -0.25) is 0 Å². The van der Waals surface area contributed by atoms with Crippen LogP contribution < -0.4 is 11.5 Å². The van der Waals surface area contributed by atoms with E-state index in [9.17, 15) is 4.39 Å². The van der Waals surface area contributed by atoms with Crippen LogP contribution in [0.5, 0.6) is 0 Å². The summed E-state index contributed by atoms with van der Waals surface area (Å²) in [5.41, 5.74) is 13.0. The molecule has 2 aromatic carbocycles. The Bertz CT molecular complexity index is 500. The lowest BCUT2D eigenvalue weighted by Gasteiger charge is -2.07. The molecular weight excluding hydrogens is 227 g/mol. The number of benzene rings is 2. The van der Waals surface area contributed by atoms with Crippen LogP contribution in [0, 0.1) is 5.82 Å². The first kappa shape index (κ1) is 10.8. The van der Waals surface area contributed by atoms with Crippen molar-refractivity contribution in [1.29, 1.82) is 0 Å². The van der Waals surface area contributed by atoms with Gasteiger partial charge in [0.2, 0.25) is 0 Å². The summed E-state index contributed by atoms with van der Waals surface area (Å²) in [5, 5.41) is 0.294. The van der Waals surface area contributed by atoms with Crippen LogP contribution in [0.4, 0.5) is 15.8 Å². The van der Waals surface area contributed by atoms with Crippen molar-refractivity contribution < 1.29 is 4.39 Å². The van der Waals surface area contributed by atoms with Gasteiger partial charge >= 0.3 is 0 Å². The summed E-state index contributed by atoms with van der Waals surface area (Å²) in [4.78, 5) is 0. The van der Waals surface area contributed by atoms with Crippen LogP contribution in [0.1, 0.15) is 0 Å². The third-order valence-corrected chi connectivity index (χ3v) is 2.56. The van der Waals surface area contributed by atoms with Crippen LogP contribution in [0.25, 0.3) is 11.1 Å². The lowest BCUT2D eigenvalue weighted by molar-refractivity contribution is 0.632. The minimum Gasteiger partial charge on any atom is -0.399 e. The number of hydrogen-bond donors (Lipinski definition) is 2. The molecule has 0 saturated carbocycles. The van der Waals surface area contributed by atoms with Crippen LogP contribution in [-0.2, 0) is 0 Å². The lowest BCUT2D eigenvalue weighted by atomic mass is 10.0. The fraction of sp³-hybridized carbons (Fsp3) is 0. The highest BCUT2D eigenvalue weighted by Gasteiger charge is 2.10. The summed E-state index contributed by atoms with van der Waals surface area (Å²) < 4.78 is 13.7. The van der Waals surface area contributed by atoms with Gasteiger partial charge in [-0.25, -0.2) is 4.39 Å². The molecule has 0 saturated heterocycles. The van der Waals surface area contributed by atoms with Crippen molar-refractivity contribution in [2.45, 2.75) is 0 Å². The van der Waals surface area contributed by atoms with Crippen LogP contribution in [-0.4, -0.2) is 0 Å². The summed E-state index contributed by atoms with van der Waals surface area (Å²) in [5.74, 6) is -0.435. The van der Waals surface area contributed by atoms with Crippen molar-refractivity contribution in [3.8, 4) is 11.1 Å². The first-order valence-electron chi connectivity index (χ1n) is 4.68. The monoisotopic (exact) mass is 236 g/mol. The Hall–Kier alpha value is -1.74. The second kappa shape index (κ2) is 4.02. The number of nitrogens with two attached hydrogens (primary N) is 2. The zero-order chi connectivity index (χ0) is 11.7. The summed E-state index contributed by atoms with van der Waals surface area (Å²) in [6.45, 7) is 0. The zero-order valence-corrected chi connectivity index (χ0v) is 9.13. The standard InChI is InChI=1S/C12H10ClFN2/c13-10-5-9(16)6-11(14)12(10)7-1-3-8(15)4-2-7/h1-6H,15-16H2. The van der Waals surface area contributed by atoms with E-state index in [1.807, 2.05) is 0 Å². The molecule has 0 atom stereocenters. The molecule has 0 aliphatic rings. The van der Waals surface area contributed by atoms with Gasteiger partial charge in [0.25, 0.3) is 0 Å². The first-order valence-corrected chi connectivity index (χ1v) is 5.06. The van der Waals surface area contributed by atoms with Gasteiger partial charge in [0.15, 0.2) is 0 Å². The molecule has 82 valence electrons. The molecule has 0 aromatic heterocycles. The molecule has 0 aliphatic carbocycles. The molecular formula is C12H10ClFN2. The number of rotatable bonds is 1. The highest BCUT2D eigenvalue weighted by molar-refractivity contribution is 6.33. The zero-order valence-electron chi connectivity index (χ0n) is 8.37. The second-order valence-electron chi connectivity index (χ2n) is 3.48. The smallest absolute Gasteiger partial charge is 0.134 e. The van der Waals surface area contributed by atoms with Gasteiger partial charge in [0.05, 0.1) is 5.02 Å². The Labute approximate surface area is 97.6 Å². The maximum absolute atomic E-state index is 13.7. The fourth-order valence-electron chi connectivity index (χ4n) is 1.52. The molecule has 0 spiro atoms. The van der Waals surface area contributed by atoms with Gasteiger partial charge in [-0.05, 0) is 29.8 Å². The van der Waals surface area contributed by atoms with Gasteiger partial charge in [0, 0.05) is 16.9 Å². The first-order chi connectivity index (χ1) is 7.58. The third-order valence-electron chi connectivity index (χ3n) is 2.26. The van der Waals surface area contributed by atoms with E-state index in [1.54, 1.807) is 24.3 Å². The maximum atomic E-state index is 13.7. The lowest BCUT2D eigenvalue weighted by Crippen LogP contribution is -1.92. The molecule has 2 nitrogen and oxygen atoms in total. The van der Waals surface area contributed by atoms with E-state index in [1.165, 1.54) is 12.1 Å². The molecule has 4 N–H and O–H groups in total. The van der Waals surface area contributed by atoms with E-state index in [2.05, 4.69) is 0 Å². The number of anilines is 2. The van der Waals surface area contributed by atoms with Crippen molar-refractivity contribution >= 4 is 23.0 Å². The minimum absolute atomic E-state index is 0.294. The molecule has 0 aliphatic heterocycles. The topological polar surface area (TPSA) is 52.0 Å². The molecule has 0 fully saturated rings. The third kappa shape index (κ3) is 1.95. The summed E-state index contributed by atoms with van der Waals surface area (Å²) in [6, 6.07) is 9.60. The molecule has 2 aromatic rings. The predicted molar refractivity (Wildman–Crippen MR) is 65.7 cm³/mol. The SMILES string of the molecule is Nc1ccc(-c2c(F)cc(N)cc2Cl)cc1. The van der Waals surface area contributed by atoms with Crippen LogP contribution in [0.3, 0.4) is 0 Å². The molecule has 0 amide bonds. The van der Waals surface area contributed by atoms with Crippen LogP contribution in [0.15, 0.2) is 36.4 Å². The van der Waals surface area contributed by atoms with Crippen molar-refractivity contribution in [2.24, 2.45) is 0 Å². The second-order valence-corrected chi connectivity index (χ2v) is 3.89. The Kier molecular flexibility index (Phi) is 2.71. The average molecular weight is 237 g/mol.